The number of amides is 1. The second-order valence-electron chi connectivity index (χ2n) is 6.98. The first-order valence-electron chi connectivity index (χ1n) is 9.92. The summed E-state index contributed by atoms with van der Waals surface area (Å²) in [7, 11) is 1.73. The molecule has 1 amide bonds. The number of nitrogens with two attached hydrogens (primary N) is 1. The molecule has 0 aliphatic heterocycles. The number of aromatic nitrogens is 5. The number of pyridine rings is 1. The van der Waals surface area contributed by atoms with E-state index in [1.165, 1.54) is 6.20 Å². The van der Waals surface area contributed by atoms with Crippen molar-refractivity contribution in [2.24, 2.45) is 12.8 Å². The quantitative estimate of drug-likeness (QED) is 0.495. The summed E-state index contributed by atoms with van der Waals surface area (Å²) >= 11 is 0. The molecule has 0 atom stereocenters. The van der Waals surface area contributed by atoms with Crippen molar-refractivity contribution >= 4 is 16.9 Å². The number of carbonyl (C=O) groups is 1. The largest absolute Gasteiger partial charge is 0.493 e. The van der Waals surface area contributed by atoms with Crippen LogP contribution in [0.2, 0.25) is 0 Å². The van der Waals surface area contributed by atoms with Crippen molar-refractivity contribution in [3.63, 3.8) is 0 Å². The Morgan fingerprint density at radius 2 is 2.03 bits per heavy atom. The van der Waals surface area contributed by atoms with Crippen LogP contribution in [0, 0.1) is 0 Å². The highest BCUT2D eigenvalue weighted by atomic mass is 16.5. The van der Waals surface area contributed by atoms with Crippen LogP contribution in [0.3, 0.4) is 0 Å². The van der Waals surface area contributed by atoms with Crippen molar-refractivity contribution < 1.29 is 9.53 Å². The number of ether oxygens (including phenoxy) is 1. The van der Waals surface area contributed by atoms with E-state index in [-0.39, 0.29) is 5.56 Å². The molecule has 0 saturated heterocycles. The zero-order chi connectivity index (χ0) is 22.1. The molecule has 3 heterocycles. The predicted molar refractivity (Wildman–Crippen MR) is 117 cm³/mol. The summed E-state index contributed by atoms with van der Waals surface area (Å²) in [4.78, 5) is 36.0. The van der Waals surface area contributed by atoms with Crippen molar-refractivity contribution in [3.05, 3.63) is 58.1 Å². The maximum atomic E-state index is 12.8. The molecule has 9 nitrogen and oxygen atoms in total. The Morgan fingerprint density at radius 3 is 2.68 bits per heavy atom. The molecule has 0 saturated carbocycles. The van der Waals surface area contributed by atoms with Gasteiger partial charge in [0.25, 0.3) is 5.56 Å². The van der Waals surface area contributed by atoms with E-state index in [1.807, 2.05) is 32.0 Å². The lowest BCUT2D eigenvalue weighted by molar-refractivity contribution is 0.1000. The zero-order valence-corrected chi connectivity index (χ0v) is 17.5. The number of primary amides is 1. The summed E-state index contributed by atoms with van der Waals surface area (Å²) in [6.45, 7) is 4.31. The molecule has 3 aromatic heterocycles. The SMILES string of the molecule is CCOc1ccc(-c2ccc(C(N)=O)cn2)cc1-c1nc2c(CC)nn(C)c2c(=O)[nH]1. The Bertz CT molecular complexity index is 1340. The number of rotatable bonds is 6. The first-order valence-corrected chi connectivity index (χ1v) is 9.92. The van der Waals surface area contributed by atoms with Crippen molar-refractivity contribution in [1.29, 1.82) is 0 Å². The summed E-state index contributed by atoms with van der Waals surface area (Å²) in [6.07, 6.45) is 2.09. The zero-order valence-electron chi connectivity index (χ0n) is 17.5. The molecule has 158 valence electrons. The van der Waals surface area contributed by atoms with Gasteiger partial charge in [-0.1, -0.05) is 6.92 Å². The number of aryl methyl sites for hydroxylation is 2. The van der Waals surface area contributed by atoms with Gasteiger partial charge in [-0.05, 0) is 43.7 Å². The van der Waals surface area contributed by atoms with E-state index in [0.29, 0.717) is 52.5 Å². The molecule has 0 aliphatic rings. The molecule has 0 radical (unpaired) electrons. The highest BCUT2D eigenvalue weighted by Gasteiger charge is 2.18. The van der Waals surface area contributed by atoms with Crippen LogP contribution in [0.5, 0.6) is 5.75 Å². The minimum Gasteiger partial charge on any atom is -0.493 e. The monoisotopic (exact) mass is 418 g/mol. The third-order valence-corrected chi connectivity index (χ3v) is 4.98. The van der Waals surface area contributed by atoms with Crippen LogP contribution in [-0.4, -0.2) is 37.2 Å². The van der Waals surface area contributed by atoms with Gasteiger partial charge in [0.1, 0.15) is 17.1 Å². The van der Waals surface area contributed by atoms with Crippen LogP contribution in [-0.2, 0) is 13.5 Å². The lowest BCUT2D eigenvalue weighted by Gasteiger charge is -2.12. The summed E-state index contributed by atoms with van der Waals surface area (Å²) in [5.74, 6) is 0.438. The normalized spacial score (nSPS) is 11.1. The number of nitrogens with zero attached hydrogens (tertiary/aromatic N) is 4. The van der Waals surface area contributed by atoms with Gasteiger partial charge in [-0.2, -0.15) is 5.10 Å². The van der Waals surface area contributed by atoms with Crippen LogP contribution >= 0.6 is 0 Å². The van der Waals surface area contributed by atoms with Gasteiger partial charge in [0.05, 0.1) is 29.1 Å². The molecule has 4 aromatic rings. The Labute approximate surface area is 177 Å². The van der Waals surface area contributed by atoms with Gasteiger partial charge in [0, 0.05) is 18.8 Å². The fourth-order valence-corrected chi connectivity index (χ4v) is 3.48. The molecule has 0 fully saturated rings. The van der Waals surface area contributed by atoms with Gasteiger partial charge in [0.2, 0.25) is 5.91 Å². The second kappa shape index (κ2) is 8.02. The third-order valence-electron chi connectivity index (χ3n) is 4.98. The van der Waals surface area contributed by atoms with Gasteiger partial charge < -0.3 is 15.5 Å². The number of nitrogens with one attached hydrogen (secondary N) is 1. The van der Waals surface area contributed by atoms with Crippen LogP contribution in [0.25, 0.3) is 33.7 Å². The standard InChI is InChI=1S/C22H22N6O3/c1-4-15-18-19(28(3)27-15)22(30)26-21(25-18)14-10-12(7-9-17(14)31-5-2)16-8-6-13(11-24-16)20(23)29/h6-11H,4-5H2,1-3H3,(H2,23,29)(H,25,26,30). The fraction of sp³-hybridized carbons (Fsp3) is 0.227. The molecule has 0 aliphatic carbocycles. The fourth-order valence-electron chi connectivity index (χ4n) is 3.48. The van der Waals surface area contributed by atoms with Crippen LogP contribution < -0.4 is 16.0 Å². The van der Waals surface area contributed by atoms with E-state index in [0.717, 1.165) is 11.3 Å². The lowest BCUT2D eigenvalue weighted by atomic mass is 10.0. The Morgan fingerprint density at radius 1 is 1.23 bits per heavy atom. The highest BCUT2D eigenvalue weighted by Crippen LogP contribution is 2.32. The number of hydrogen-bond acceptors (Lipinski definition) is 6. The number of fused-ring (bicyclic) bond motifs is 1. The molecule has 31 heavy (non-hydrogen) atoms. The van der Waals surface area contributed by atoms with Crippen molar-refractivity contribution in [2.75, 3.05) is 6.61 Å². The van der Waals surface area contributed by atoms with Crippen molar-refractivity contribution in [2.45, 2.75) is 20.3 Å². The molecule has 1 aromatic carbocycles. The van der Waals surface area contributed by atoms with Crippen molar-refractivity contribution in [3.8, 4) is 28.4 Å². The van der Waals surface area contributed by atoms with Gasteiger partial charge in [-0.15, -0.1) is 0 Å². The molecule has 0 spiro atoms. The minimum atomic E-state index is -0.537. The van der Waals surface area contributed by atoms with Gasteiger partial charge in [-0.25, -0.2) is 4.98 Å². The van der Waals surface area contributed by atoms with Gasteiger partial charge in [0.15, 0.2) is 5.52 Å². The first-order chi connectivity index (χ1) is 14.9. The third kappa shape index (κ3) is 3.65. The molecule has 4 rings (SSSR count). The van der Waals surface area contributed by atoms with Gasteiger partial charge in [-0.3, -0.25) is 19.3 Å². The predicted octanol–water partition coefficient (Wildman–Crippen LogP) is 2.45. The first kappa shape index (κ1) is 20.3. The minimum absolute atomic E-state index is 0.272. The Balaban J connectivity index is 1.89. The number of aromatic amines is 1. The summed E-state index contributed by atoms with van der Waals surface area (Å²) in [5, 5.41) is 4.41. The topological polar surface area (TPSA) is 129 Å². The second-order valence-corrected chi connectivity index (χ2v) is 6.98. The number of carbonyl (C=O) groups excluding carboxylic acids is 1. The Kier molecular flexibility index (Phi) is 5.24. The van der Waals surface area contributed by atoms with Crippen molar-refractivity contribution in [1.82, 2.24) is 24.7 Å². The van der Waals surface area contributed by atoms with E-state index in [2.05, 4.69) is 15.1 Å². The van der Waals surface area contributed by atoms with Crippen LogP contribution in [0.1, 0.15) is 29.9 Å². The average molecular weight is 418 g/mol. The molecular formula is C22H22N6O3. The van der Waals surface area contributed by atoms with Crippen LogP contribution in [0.4, 0.5) is 0 Å². The maximum absolute atomic E-state index is 12.8. The summed E-state index contributed by atoms with van der Waals surface area (Å²) < 4.78 is 7.33. The average Bonchev–Trinajstić information content (AvgIpc) is 3.10. The number of H-pyrrole nitrogens is 1. The number of benzene rings is 1. The smallest absolute Gasteiger partial charge is 0.277 e. The van der Waals surface area contributed by atoms with E-state index in [9.17, 15) is 9.59 Å². The molecular weight excluding hydrogens is 396 g/mol. The molecule has 9 heteroatoms. The van der Waals surface area contributed by atoms with E-state index >= 15 is 0 Å². The highest BCUT2D eigenvalue weighted by molar-refractivity contribution is 5.92. The summed E-state index contributed by atoms with van der Waals surface area (Å²) in [6, 6.07) is 8.86. The van der Waals surface area contributed by atoms with E-state index in [4.69, 9.17) is 15.5 Å². The number of hydrogen-bond donors (Lipinski definition) is 2. The maximum Gasteiger partial charge on any atom is 0.277 e. The molecule has 0 bridgehead atoms. The van der Waals surface area contributed by atoms with Gasteiger partial charge >= 0.3 is 0 Å². The van der Waals surface area contributed by atoms with E-state index in [1.54, 1.807) is 23.9 Å². The van der Waals surface area contributed by atoms with E-state index < -0.39 is 5.91 Å². The molecule has 3 N–H and O–H groups in total. The Hall–Kier alpha value is -4.01. The molecule has 0 unspecified atom stereocenters. The lowest BCUT2D eigenvalue weighted by Crippen LogP contribution is -2.13. The van der Waals surface area contributed by atoms with Crippen LogP contribution in [0.15, 0.2) is 41.3 Å². The summed E-state index contributed by atoms with van der Waals surface area (Å²) in [5.41, 5.74) is 9.16.